The molecule has 0 saturated heterocycles. The first-order chi connectivity index (χ1) is 25.4. The fourth-order valence-electron chi connectivity index (χ4n) is 9.00. The minimum atomic E-state index is -0.133. The van der Waals surface area contributed by atoms with Crippen molar-refractivity contribution in [2.75, 3.05) is 19.0 Å². The summed E-state index contributed by atoms with van der Waals surface area (Å²) in [4.78, 5) is 11.6. The summed E-state index contributed by atoms with van der Waals surface area (Å²) in [7, 11) is 4.46. The number of anilines is 1. The summed E-state index contributed by atoms with van der Waals surface area (Å²) in [5.41, 5.74) is 14.1. The lowest BCUT2D eigenvalue weighted by atomic mass is 9.82. The van der Waals surface area contributed by atoms with E-state index in [1.165, 1.54) is 82.3 Å². The summed E-state index contributed by atoms with van der Waals surface area (Å²) >= 11 is 1.97. The van der Waals surface area contributed by atoms with Gasteiger partial charge in [0.05, 0.1) is 11.4 Å². The Balaban J connectivity index is 1.04. The fraction of sp³-hybridized carbons (Fsp3) is 0.188. The van der Waals surface area contributed by atoms with E-state index in [9.17, 15) is 0 Å². The highest BCUT2D eigenvalue weighted by Gasteiger charge is 2.37. The van der Waals surface area contributed by atoms with Crippen molar-refractivity contribution in [1.82, 2.24) is 4.90 Å². The lowest BCUT2D eigenvalue weighted by molar-refractivity contribution is 0.364. The van der Waals surface area contributed by atoms with Crippen molar-refractivity contribution in [3.8, 4) is 11.1 Å². The van der Waals surface area contributed by atoms with E-state index in [1.54, 1.807) is 0 Å². The molecule has 2 aliphatic heterocycles. The van der Waals surface area contributed by atoms with Gasteiger partial charge in [0.2, 0.25) is 0 Å². The minimum Gasteiger partial charge on any atom is -0.357 e. The Bertz CT molecular complexity index is 2570. The lowest BCUT2D eigenvalue weighted by Crippen LogP contribution is -2.27. The number of thioether (sulfide) groups is 1. The molecule has 4 heteroatoms. The fourth-order valence-corrected chi connectivity index (χ4v) is 10.3. The van der Waals surface area contributed by atoms with Crippen LogP contribution in [0.4, 0.5) is 5.69 Å². The zero-order chi connectivity index (χ0) is 35.1. The van der Waals surface area contributed by atoms with Crippen LogP contribution < -0.4 is 4.90 Å². The van der Waals surface area contributed by atoms with E-state index >= 15 is 0 Å². The van der Waals surface area contributed by atoms with Gasteiger partial charge in [0.1, 0.15) is 11.5 Å². The van der Waals surface area contributed by atoms with Gasteiger partial charge in [0.25, 0.3) is 0 Å². The van der Waals surface area contributed by atoms with Crippen LogP contribution in [0, 0.1) is 0 Å². The third-order valence-electron chi connectivity index (χ3n) is 11.7. The number of allylic oxidation sites excluding steroid dienone is 5. The third kappa shape index (κ3) is 4.77. The average molecular weight is 692 g/mol. The minimum absolute atomic E-state index is 0.0177. The first-order valence-electron chi connectivity index (χ1n) is 18.4. The molecule has 0 amide bonds. The Morgan fingerprint density at radius 2 is 1.48 bits per heavy atom. The van der Waals surface area contributed by atoms with Crippen molar-refractivity contribution in [2.45, 2.75) is 48.5 Å². The second kappa shape index (κ2) is 11.9. The van der Waals surface area contributed by atoms with E-state index in [2.05, 4.69) is 177 Å². The Morgan fingerprint density at radius 1 is 0.712 bits per heavy atom. The van der Waals surface area contributed by atoms with Gasteiger partial charge in [0.15, 0.2) is 0 Å². The molecule has 2 unspecified atom stereocenters. The van der Waals surface area contributed by atoms with Gasteiger partial charge in [0, 0.05) is 35.5 Å². The largest absolute Gasteiger partial charge is 0.357 e. The van der Waals surface area contributed by atoms with Gasteiger partial charge in [-0.15, -0.1) is 0 Å². The van der Waals surface area contributed by atoms with Crippen LogP contribution in [0.1, 0.15) is 66.0 Å². The highest BCUT2D eigenvalue weighted by molar-refractivity contribution is 8.00. The zero-order valence-electron chi connectivity index (χ0n) is 30.1. The maximum absolute atomic E-state index is 5.40. The van der Waals surface area contributed by atoms with E-state index in [4.69, 9.17) is 4.99 Å². The number of fused-ring (bicyclic) bond motifs is 8. The molecule has 6 aromatic carbocycles. The predicted octanol–water partition coefficient (Wildman–Crippen LogP) is 12.2. The molecule has 0 bridgehead atoms. The van der Waals surface area contributed by atoms with Gasteiger partial charge in [-0.1, -0.05) is 147 Å². The van der Waals surface area contributed by atoms with Gasteiger partial charge in [-0.3, -0.25) is 4.99 Å². The molecule has 254 valence electrons. The second-order valence-corrected chi connectivity index (χ2v) is 16.3. The zero-order valence-corrected chi connectivity index (χ0v) is 30.9. The summed E-state index contributed by atoms with van der Waals surface area (Å²) in [5, 5.41) is 5.34. The Kier molecular flexibility index (Phi) is 7.17. The predicted molar refractivity (Wildman–Crippen MR) is 221 cm³/mol. The molecular weight excluding hydrogens is 651 g/mol. The molecule has 2 atom stereocenters. The van der Waals surface area contributed by atoms with Crippen molar-refractivity contribution in [2.24, 2.45) is 4.99 Å². The molecule has 0 N–H and O–H groups in total. The highest BCUT2D eigenvalue weighted by Crippen LogP contribution is 2.56. The molecule has 0 saturated carbocycles. The summed E-state index contributed by atoms with van der Waals surface area (Å²) in [6.07, 6.45) is 11.1. The van der Waals surface area contributed by atoms with Crippen molar-refractivity contribution < 1.29 is 0 Å². The van der Waals surface area contributed by atoms with Gasteiger partial charge in [-0.25, -0.2) is 0 Å². The van der Waals surface area contributed by atoms with Crippen molar-refractivity contribution in [3.63, 3.8) is 0 Å². The molecule has 52 heavy (non-hydrogen) atoms. The van der Waals surface area contributed by atoms with Crippen molar-refractivity contribution in [3.05, 3.63) is 173 Å². The van der Waals surface area contributed by atoms with Crippen LogP contribution in [0.25, 0.3) is 38.4 Å². The van der Waals surface area contributed by atoms with Gasteiger partial charge >= 0.3 is 0 Å². The Hall–Kier alpha value is -5.32. The quantitative estimate of drug-likeness (QED) is 0.172. The van der Waals surface area contributed by atoms with Crippen LogP contribution in [-0.4, -0.2) is 24.7 Å². The van der Waals surface area contributed by atoms with Crippen LogP contribution in [0.5, 0.6) is 0 Å². The Morgan fingerprint density at radius 3 is 2.33 bits per heavy atom. The standard InChI is InChI=1S/C48H41N3S/c1-48(2)39-18-12-11-17-37(39)38-25-22-35(28-40(38)48)47-51(4)45-43(52-47)26-23-32-19-20-33-27-34(21-24-36(33)44(32)45)46-49-41(30-13-7-5-8-14-30)29-42(50(46)3)31-15-9-6-10-16-31/h6-7,9-29,46-47H,5,8H2,1-4H3. The van der Waals surface area contributed by atoms with E-state index in [0.717, 1.165) is 18.6 Å². The molecule has 0 spiro atoms. The van der Waals surface area contributed by atoms with Gasteiger partial charge in [-0.2, -0.15) is 0 Å². The number of rotatable bonds is 4. The van der Waals surface area contributed by atoms with Gasteiger partial charge < -0.3 is 9.80 Å². The molecule has 0 aromatic heterocycles. The van der Waals surface area contributed by atoms with Gasteiger partial charge in [-0.05, 0) is 91.7 Å². The number of hydrogen-bond donors (Lipinski definition) is 0. The first kappa shape index (κ1) is 31.4. The number of aliphatic imine (C=N–C) groups is 1. The number of benzene rings is 6. The second-order valence-electron chi connectivity index (χ2n) is 15.1. The topological polar surface area (TPSA) is 18.8 Å². The smallest absolute Gasteiger partial charge is 0.147 e. The van der Waals surface area contributed by atoms with Crippen LogP contribution in [0.3, 0.4) is 0 Å². The first-order valence-corrected chi connectivity index (χ1v) is 19.3. The monoisotopic (exact) mass is 691 g/mol. The van der Waals surface area contributed by atoms with Crippen molar-refractivity contribution >= 4 is 50.4 Å². The van der Waals surface area contributed by atoms with E-state index in [0.29, 0.717) is 0 Å². The maximum atomic E-state index is 5.40. The molecule has 0 radical (unpaired) electrons. The summed E-state index contributed by atoms with van der Waals surface area (Å²) in [6, 6.07) is 43.1. The lowest BCUT2D eigenvalue weighted by Gasteiger charge is -2.34. The average Bonchev–Trinajstić information content (AvgIpc) is 3.65. The third-order valence-corrected chi connectivity index (χ3v) is 13.1. The molecule has 2 aliphatic carbocycles. The van der Waals surface area contributed by atoms with Crippen LogP contribution >= 0.6 is 11.8 Å². The van der Waals surface area contributed by atoms with E-state index in [-0.39, 0.29) is 17.0 Å². The molecule has 3 nitrogen and oxygen atoms in total. The van der Waals surface area contributed by atoms with E-state index < -0.39 is 0 Å². The van der Waals surface area contributed by atoms with Crippen LogP contribution in [0.15, 0.2) is 155 Å². The molecular formula is C48H41N3S. The maximum Gasteiger partial charge on any atom is 0.147 e. The molecule has 6 aromatic rings. The molecule has 4 aliphatic rings. The molecule has 2 heterocycles. The normalized spacial score (nSPS) is 20.0. The van der Waals surface area contributed by atoms with Crippen LogP contribution in [0.2, 0.25) is 0 Å². The summed E-state index contributed by atoms with van der Waals surface area (Å²) in [6.45, 7) is 4.74. The SMILES string of the molecule is CN1C(c2ccccc2)=CC(C2=CCCC=C2)=NC1c1ccc2c(ccc3ccc4c(c32)N(C)C(c2ccc3c(c2)C(C)(C)c2ccccc2-3)S4)c1. The molecule has 10 rings (SSSR count). The highest BCUT2D eigenvalue weighted by atomic mass is 32.2. The van der Waals surface area contributed by atoms with Crippen molar-refractivity contribution in [1.29, 1.82) is 0 Å². The number of hydrogen-bond acceptors (Lipinski definition) is 4. The Labute approximate surface area is 310 Å². The van der Waals surface area contributed by atoms with Crippen LogP contribution in [-0.2, 0) is 5.41 Å². The molecule has 0 fully saturated rings. The number of nitrogens with zero attached hydrogens (tertiary/aromatic N) is 3. The van der Waals surface area contributed by atoms with E-state index in [1.807, 2.05) is 11.8 Å². The summed E-state index contributed by atoms with van der Waals surface area (Å²) < 4.78 is 0. The summed E-state index contributed by atoms with van der Waals surface area (Å²) in [5.74, 6) is 0.